The van der Waals surface area contributed by atoms with Crippen LogP contribution in [0.1, 0.15) is 56.1 Å². The van der Waals surface area contributed by atoms with Crippen molar-refractivity contribution in [2.24, 2.45) is 5.10 Å². The predicted octanol–water partition coefficient (Wildman–Crippen LogP) is 5.35. The van der Waals surface area contributed by atoms with Gasteiger partial charge < -0.3 is 4.57 Å². The van der Waals surface area contributed by atoms with Crippen LogP contribution in [0, 0.1) is 13.8 Å². The van der Waals surface area contributed by atoms with E-state index in [-0.39, 0.29) is 16.9 Å². The number of nitrogens with zero attached hydrogens (tertiary/aromatic N) is 3. The van der Waals surface area contributed by atoms with E-state index in [1.807, 2.05) is 19.9 Å². The summed E-state index contributed by atoms with van der Waals surface area (Å²) in [5.41, 5.74) is 7.86. The van der Waals surface area contributed by atoms with Crippen LogP contribution in [0.3, 0.4) is 0 Å². The van der Waals surface area contributed by atoms with Crippen LogP contribution in [-0.4, -0.2) is 42.0 Å². The molecule has 0 bridgehead atoms. The summed E-state index contributed by atoms with van der Waals surface area (Å²) in [7, 11) is -3.82. The molecule has 196 valence electrons. The topological polar surface area (TPSA) is 83.8 Å². The lowest BCUT2D eigenvalue weighted by atomic mass is 9.87. The second kappa shape index (κ2) is 10.4. The van der Waals surface area contributed by atoms with Gasteiger partial charge in [0.25, 0.3) is 5.91 Å². The van der Waals surface area contributed by atoms with Gasteiger partial charge in [-0.25, -0.2) is 13.8 Å². The Kier molecular flexibility index (Phi) is 7.65. The quantitative estimate of drug-likeness (QED) is 0.338. The van der Waals surface area contributed by atoms with Crippen molar-refractivity contribution in [2.75, 3.05) is 6.54 Å². The van der Waals surface area contributed by atoms with Crippen LogP contribution in [0.4, 0.5) is 0 Å². The fourth-order valence-electron chi connectivity index (χ4n) is 4.70. The highest BCUT2D eigenvalue weighted by Crippen LogP contribution is 2.28. The van der Waals surface area contributed by atoms with Crippen molar-refractivity contribution in [3.05, 3.63) is 82.1 Å². The number of halogens is 1. The Labute approximate surface area is 224 Å². The summed E-state index contributed by atoms with van der Waals surface area (Å²) in [5, 5.41) is 4.61. The number of rotatable bonds is 6. The van der Waals surface area contributed by atoms with Gasteiger partial charge in [-0.05, 0) is 80.1 Å². The number of amides is 1. The molecular weight excluding hydrogens is 508 g/mol. The number of carbonyl (C=O) groups is 1. The molecule has 2 aromatic carbocycles. The second-order valence-electron chi connectivity index (χ2n) is 10.4. The van der Waals surface area contributed by atoms with Gasteiger partial charge in [-0.15, -0.1) is 0 Å². The standard InChI is InChI=1S/C28H33ClN4O3S/c1-19-17-21(20(2)33(19)24-12-8-22(9-13-24)28(3,4)5)18-30-31-27(34)26-7-6-16-32(26)37(35,36)25-14-10-23(29)11-15-25/h8-15,17-18,26H,6-7,16H2,1-5H3,(H,31,34)/b30-18-/t26-/m0/s1. The minimum Gasteiger partial charge on any atom is -0.318 e. The lowest BCUT2D eigenvalue weighted by Gasteiger charge is -2.22. The van der Waals surface area contributed by atoms with E-state index in [4.69, 9.17) is 11.6 Å². The molecule has 7 nitrogen and oxygen atoms in total. The largest absolute Gasteiger partial charge is 0.318 e. The minimum absolute atomic E-state index is 0.0817. The van der Waals surface area contributed by atoms with E-state index in [1.165, 1.54) is 34.1 Å². The van der Waals surface area contributed by atoms with E-state index >= 15 is 0 Å². The highest BCUT2D eigenvalue weighted by molar-refractivity contribution is 7.89. The van der Waals surface area contributed by atoms with E-state index in [0.29, 0.717) is 17.9 Å². The van der Waals surface area contributed by atoms with Crippen LogP contribution >= 0.6 is 11.6 Å². The Bertz CT molecular complexity index is 1420. The van der Waals surface area contributed by atoms with Crippen molar-refractivity contribution in [1.29, 1.82) is 0 Å². The Morgan fingerprint density at radius 3 is 2.35 bits per heavy atom. The zero-order valence-electron chi connectivity index (χ0n) is 21.8. The van der Waals surface area contributed by atoms with Crippen LogP contribution in [0.5, 0.6) is 0 Å². The molecule has 0 saturated carbocycles. The number of aromatic nitrogens is 1. The predicted molar refractivity (Wildman–Crippen MR) is 148 cm³/mol. The van der Waals surface area contributed by atoms with Gasteiger partial charge in [-0.2, -0.15) is 9.41 Å². The van der Waals surface area contributed by atoms with Gasteiger partial charge >= 0.3 is 0 Å². The summed E-state index contributed by atoms with van der Waals surface area (Å²) in [4.78, 5) is 13.0. The zero-order valence-corrected chi connectivity index (χ0v) is 23.4. The monoisotopic (exact) mass is 540 g/mol. The summed E-state index contributed by atoms with van der Waals surface area (Å²) in [6, 6.07) is 15.7. The molecule has 0 radical (unpaired) electrons. The third kappa shape index (κ3) is 5.66. The van der Waals surface area contributed by atoms with Gasteiger partial charge in [0.2, 0.25) is 10.0 Å². The van der Waals surface area contributed by atoms with Gasteiger partial charge in [0.15, 0.2) is 0 Å². The molecule has 1 N–H and O–H groups in total. The van der Waals surface area contributed by atoms with Crippen LogP contribution < -0.4 is 5.43 Å². The first-order chi connectivity index (χ1) is 17.4. The maximum Gasteiger partial charge on any atom is 0.258 e. The minimum atomic E-state index is -3.82. The number of carbonyl (C=O) groups excluding carboxylic acids is 1. The summed E-state index contributed by atoms with van der Waals surface area (Å²) >= 11 is 5.90. The van der Waals surface area contributed by atoms with Crippen LogP contribution in [0.25, 0.3) is 5.69 Å². The Morgan fingerprint density at radius 1 is 1.08 bits per heavy atom. The number of hydrazone groups is 1. The number of nitrogens with one attached hydrogen (secondary N) is 1. The van der Waals surface area contributed by atoms with Gasteiger partial charge in [0.05, 0.1) is 11.1 Å². The van der Waals surface area contributed by atoms with Crippen LogP contribution in [-0.2, 0) is 20.2 Å². The second-order valence-corrected chi connectivity index (χ2v) is 12.7. The molecule has 1 fully saturated rings. The first kappa shape index (κ1) is 27.1. The third-order valence-corrected chi connectivity index (χ3v) is 8.94. The van der Waals surface area contributed by atoms with Gasteiger partial charge in [-0.1, -0.05) is 44.5 Å². The van der Waals surface area contributed by atoms with E-state index < -0.39 is 22.0 Å². The average molecular weight is 541 g/mol. The molecule has 4 rings (SSSR count). The number of aryl methyl sites for hydroxylation is 1. The maximum absolute atomic E-state index is 13.1. The normalized spacial score (nSPS) is 17.0. The highest BCUT2D eigenvalue weighted by Gasteiger charge is 2.39. The summed E-state index contributed by atoms with van der Waals surface area (Å²) in [6.07, 6.45) is 2.64. The first-order valence-electron chi connectivity index (χ1n) is 12.3. The van der Waals surface area contributed by atoms with Crippen molar-refractivity contribution >= 4 is 33.7 Å². The Balaban J connectivity index is 1.48. The van der Waals surface area contributed by atoms with Crippen molar-refractivity contribution in [3.63, 3.8) is 0 Å². The maximum atomic E-state index is 13.1. The molecule has 1 amide bonds. The van der Waals surface area contributed by atoms with E-state index in [0.717, 1.165) is 22.6 Å². The molecule has 1 aliphatic heterocycles. The first-order valence-corrected chi connectivity index (χ1v) is 14.1. The molecular formula is C28H33ClN4O3S. The molecule has 1 saturated heterocycles. The summed E-state index contributed by atoms with van der Waals surface area (Å²) in [5.74, 6) is -0.446. The third-order valence-electron chi connectivity index (χ3n) is 6.77. The van der Waals surface area contributed by atoms with E-state index in [9.17, 15) is 13.2 Å². The fraction of sp³-hybridized carbons (Fsp3) is 0.357. The molecule has 1 atom stereocenters. The van der Waals surface area contributed by atoms with Crippen molar-refractivity contribution < 1.29 is 13.2 Å². The van der Waals surface area contributed by atoms with Crippen LogP contribution in [0.15, 0.2) is 64.6 Å². The smallest absolute Gasteiger partial charge is 0.258 e. The zero-order chi connectivity index (χ0) is 27.0. The number of hydrogen-bond donors (Lipinski definition) is 1. The summed E-state index contributed by atoms with van der Waals surface area (Å²) in [6.45, 7) is 10.9. The lowest BCUT2D eigenvalue weighted by molar-refractivity contribution is -0.124. The molecule has 9 heteroatoms. The molecule has 1 aromatic heterocycles. The van der Waals surface area contributed by atoms with Gasteiger partial charge in [-0.3, -0.25) is 4.79 Å². The molecule has 0 spiro atoms. The van der Waals surface area contributed by atoms with Crippen molar-refractivity contribution in [3.8, 4) is 5.69 Å². The van der Waals surface area contributed by atoms with Crippen LogP contribution in [0.2, 0.25) is 5.02 Å². The Morgan fingerprint density at radius 2 is 1.73 bits per heavy atom. The molecule has 2 heterocycles. The fourth-order valence-corrected chi connectivity index (χ4v) is 6.48. The SMILES string of the molecule is Cc1cc(/C=N\NC(=O)[C@@H]2CCCN2S(=O)(=O)c2ccc(Cl)cc2)c(C)n1-c1ccc(C(C)(C)C)cc1. The van der Waals surface area contributed by atoms with Crippen molar-refractivity contribution in [1.82, 2.24) is 14.3 Å². The Hall–Kier alpha value is -2.94. The number of hydrogen-bond acceptors (Lipinski definition) is 4. The van der Waals surface area contributed by atoms with Gasteiger partial charge in [0, 0.05) is 34.2 Å². The number of benzene rings is 2. The molecule has 1 aliphatic rings. The van der Waals surface area contributed by atoms with Crippen molar-refractivity contribution in [2.45, 2.75) is 63.8 Å². The highest BCUT2D eigenvalue weighted by atomic mass is 35.5. The molecule has 37 heavy (non-hydrogen) atoms. The average Bonchev–Trinajstić information content (AvgIpc) is 3.44. The molecule has 0 unspecified atom stereocenters. The molecule has 3 aromatic rings. The van der Waals surface area contributed by atoms with E-state index in [2.05, 4.69) is 60.1 Å². The molecule has 0 aliphatic carbocycles. The summed E-state index contributed by atoms with van der Waals surface area (Å²) < 4.78 is 29.6. The lowest BCUT2D eigenvalue weighted by Crippen LogP contribution is -2.44. The van der Waals surface area contributed by atoms with Gasteiger partial charge in [0.1, 0.15) is 6.04 Å². The van der Waals surface area contributed by atoms with E-state index in [1.54, 1.807) is 6.21 Å². The number of sulfonamides is 1.